The second kappa shape index (κ2) is 6.59. The molecule has 0 radical (unpaired) electrons. The summed E-state index contributed by atoms with van der Waals surface area (Å²) >= 11 is 0. The van der Waals surface area contributed by atoms with Gasteiger partial charge in [-0.2, -0.15) is 0 Å². The summed E-state index contributed by atoms with van der Waals surface area (Å²) in [5.41, 5.74) is 0. The zero-order chi connectivity index (χ0) is 16.4. The van der Waals surface area contributed by atoms with E-state index in [1.54, 1.807) is 12.0 Å². The zero-order valence-electron chi connectivity index (χ0n) is 13.4. The quantitative estimate of drug-likeness (QED) is 0.842. The first-order chi connectivity index (χ1) is 11.0. The summed E-state index contributed by atoms with van der Waals surface area (Å²) in [5, 5.41) is 0. The highest BCUT2D eigenvalue weighted by Crippen LogP contribution is 2.40. The van der Waals surface area contributed by atoms with Crippen molar-refractivity contribution in [3.8, 4) is 0 Å². The number of furan rings is 1. The fourth-order valence-corrected chi connectivity index (χ4v) is 3.74. The molecule has 2 fully saturated rings. The van der Waals surface area contributed by atoms with Gasteiger partial charge >= 0.3 is 0 Å². The van der Waals surface area contributed by atoms with Crippen molar-refractivity contribution in [2.24, 2.45) is 5.92 Å². The van der Waals surface area contributed by atoms with Crippen molar-refractivity contribution in [2.45, 2.75) is 57.1 Å². The van der Waals surface area contributed by atoms with Gasteiger partial charge in [-0.25, -0.2) is 8.78 Å². The topological polar surface area (TPSA) is 42.7 Å². The van der Waals surface area contributed by atoms with Crippen molar-refractivity contribution in [3.63, 3.8) is 0 Å². The number of rotatable bonds is 4. The molecular formula is C17H23F2NO3. The van der Waals surface area contributed by atoms with E-state index in [4.69, 9.17) is 9.15 Å². The average Bonchev–Trinajstić information content (AvgIpc) is 3.14. The molecule has 2 heterocycles. The number of hydrogen-bond acceptors (Lipinski definition) is 3. The Morgan fingerprint density at radius 2 is 2.22 bits per heavy atom. The Bertz CT molecular complexity index is 558. The maximum absolute atomic E-state index is 13.6. The summed E-state index contributed by atoms with van der Waals surface area (Å²) in [6, 6.07) is 3.57. The summed E-state index contributed by atoms with van der Waals surface area (Å²) in [7, 11) is 1.59. The smallest absolute Gasteiger partial charge is 0.248 e. The van der Waals surface area contributed by atoms with Crippen molar-refractivity contribution in [3.05, 3.63) is 23.7 Å². The number of alkyl halides is 2. The number of ether oxygens (including phenoxy) is 1. The van der Waals surface area contributed by atoms with E-state index < -0.39 is 11.8 Å². The summed E-state index contributed by atoms with van der Waals surface area (Å²) in [6.45, 7) is 1.00. The molecule has 0 bridgehead atoms. The molecule has 2 aliphatic rings. The third-order valence-electron chi connectivity index (χ3n) is 4.82. The Hall–Kier alpha value is -1.43. The van der Waals surface area contributed by atoms with Gasteiger partial charge in [0.15, 0.2) is 0 Å². The highest BCUT2D eigenvalue weighted by Gasteiger charge is 2.43. The van der Waals surface area contributed by atoms with Gasteiger partial charge in [0.1, 0.15) is 18.1 Å². The van der Waals surface area contributed by atoms with Gasteiger partial charge in [0.05, 0.1) is 6.04 Å². The van der Waals surface area contributed by atoms with Crippen LogP contribution in [-0.2, 0) is 16.1 Å². The predicted octanol–water partition coefficient (Wildman–Crippen LogP) is 3.92. The lowest BCUT2D eigenvalue weighted by Crippen LogP contribution is -2.40. The first-order valence-corrected chi connectivity index (χ1v) is 8.26. The highest BCUT2D eigenvalue weighted by atomic mass is 19.3. The number of carbonyl (C=O) groups excluding carboxylic acids is 1. The minimum Gasteiger partial charge on any atom is -0.461 e. The maximum Gasteiger partial charge on any atom is 0.248 e. The Morgan fingerprint density at radius 1 is 1.39 bits per heavy atom. The fourth-order valence-electron chi connectivity index (χ4n) is 3.74. The molecule has 2 atom stereocenters. The molecule has 23 heavy (non-hydrogen) atoms. The first-order valence-electron chi connectivity index (χ1n) is 8.26. The SMILES string of the molecule is COCc1ccc(C2CCCN2C(=O)C2CCCC(F)(F)C2)o1. The van der Waals surface area contributed by atoms with Crippen LogP contribution in [-0.4, -0.2) is 30.4 Å². The second-order valence-corrected chi connectivity index (χ2v) is 6.58. The largest absolute Gasteiger partial charge is 0.461 e. The minimum atomic E-state index is -2.70. The van der Waals surface area contributed by atoms with Gasteiger partial charge < -0.3 is 14.1 Å². The van der Waals surface area contributed by atoms with E-state index in [0.717, 1.165) is 18.6 Å². The highest BCUT2D eigenvalue weighted by molar-refractivity contribution is 5.79. The van der Waals surface area contributed by atoms with Gasteiger partial charge in [-0.3, -0.25) is 4.79 Å². The Labute approximate surface area is 134 Å². The van der Waals surface area contributed by atoms with E-state index in [1.165, 1.54) is 0 Å². The van der Waals surface area contributed by atoms with Crippen LogP contribution in [0.5, 0.6) is 0 Å². The molecule has 128 valence electrons. The lowest BCUT2D eigenvalue weighted by molar-refractivity contribution is -0.144. The number of amides is 1. The molecule has 0 aromatic carbocycles. The fraction of sp³-hybridized carbons (Fsp3) is 0.706. The number of nitrogens with zero attached hydrogens (tertiary/aromatic N) is 1. The number of halogens is 2. The van der Waals surface area contributed by atoms with Crippen LogP contribution in [0.4, 0.5) is 8.78 Å². The van der Waals surface area contributed by atoms with Crippen LogP contribution < -0.4 is 0 Å². The Morgan fingerprint density at radius 3 is 2.96 bits per heavy atom. The van der Waals surface area contributed by atoms with Crippen LogP contribution in [0.2, 0.25) is 0 Å². The summed E-state index contributed by atoms with van der Waals surface area (Å²) in [6.07, 6.45) is 2.25. The van der Waals surface area contributed by atoms with E-state index in [2.05, 4.69) is 0 Å². The van der Waals surface area contributed by atoms with Crippen LogP contribution in [0.25, 0.3) is 0 Å². The van der Waals surface area contributed by atoms with E-state index in [-0.39, 0.29) is 24.8 Å². The molecule has 1 aliphatic heterocycles. The van der Waals surface area contributed by atoms with Crippen molar-refractivity contribution < 1.29 is 22.7 Å². The number of hydrogen-bond donors (Lipinski definition) is 0. The van der Waals surface area contributed by atoms with Crippen molar-refractivity contribution >= 4 is 5.91 Å². The van der Waals surface area contributed by atoms with Crippen LogP contribution in [0.3, 0.4) is 0 Å². The summed E-state index contributed by atoms with van der Waals surface area (Å²) < 4.78 is 38.0. The third-order valence-corrected chi connectivity index (χ3v) is 4.82. The van der Waals surface area contributed by atoms with Gasteiger partial charge in [0, 0.05) is 32.4 Å². The standard InChI is InChI=1S/C17H23F2NO3/c1-22-11-13-6-7-15(23-13)14-5-3-9-20(14)16(21)12-4-2-8-17(18,19)10-12/h6-7,12,14H,2-5,8-11H2,1H3. The normalized spacial score (nSPS) is 27.3. The van der Waals surface area contributed by atoms with E-state index in [1.807, 2.05) is 12.1 Å². The molecule has 1 saturated carbocycles. The molecule has 3 rings (SSSR count). The molecule has 0 spiro atoms. The molecule has 1 aromatic rings. The average molecular weight is 327 g/mol. The molecular weight excluding hydrogens is 304 g/mol. The Balaban J connectivity index is 1.71. The van der Waals surface area contributed by atoms with Gasteiger partial charge in [-0.1, -0.05) is 0 Å². The van der Waals surface area contributed by atoms with E-state index in [9.17, 15) is 13.6 Å². The lowest BCUT2D eigenvalue weighted by Gasteiger charge is -2.32. The molecule has 1 saturated heterocycles. The number of likely N-dealkylation sites (tertiary alicyclic amines) is 1. The van der Waals surface area contributed by atoms with Crippen LogP contribution in [0.1, 0.15) is 56.1 Å². The summed E-state index contributed by atoms with van der Waals surface area (Å²) in [5.74, 6) is -1.97. The maximum atomic E-state index is 13.6. The molecule has 2 unspecified atom stereocenters. The molecule has 1 aromatic heterocycles. The molecule has 4 nitrogen and oxygen atoms in total. The predicted molar refractivity (Wildman–Crippen MR) is 80.0 cm³/mol. The van der Waals surface area contributed by atoms with Gasteiger partial charge in [0.25, 0.3) is 0 Å². The van der Waals surface area contributed by atoms with Crippen molar-refractivity contribution in [1.29, 1.82) is 0 Å². The van der Waals surface area contributed by atoms with Crippen LogP contribution in [0.15, 0.2) is 16.5 Å². The minimum absolute atomic E-state index is 0.0984. The van der Waals surface area contributed by atoms with Crippen LogP contribution in [0, 0.1) is 5.92 Å². The number of carbonyl (C=O) groups is 1. The second-order valence-electron chi connectivity index (χ2n) is 6.58. The zero-order valence-corrected chi connectivity index (χ0v) is 13.4. The monoisotopic (exact) mass is 327 g/mol. The van der Waals surface area contributed by atoms with Gasteiger partial charge in [-0.15, -0.1) is 0 Å². The lowest BCUT2D eigenvalue weighted by atomic mass is 9.85. The van der Waals surface area contributed by atoms with Gasteiger partial charge in [-0.05, 0) is 37.8 Å². The molecule has 0 N–H and O–H groups in total. The summed E-state index contributed by atoms with van der Waals surface area (Å²) in [4.78, 5) is 14.5. The molecule has 6 heteroatoms. The van der Waals surface area contributed by atoms with Crippen molar-refractivity contribution in [2.75, 3.05) is 13.7 Å². The first kappa shape index (κ1) is 16.4. The number of methoxy groups -OCH3 is 1. The van der Waals surface area contributed by atoms with E-state index >= 15 is 0 Å². The molecule has 1 amide bonds. The van der Waals surface area contributed by atoms with E-state index in [0.29, 0.717) is 31.8 Å². The van der Waals surface area contributed by atoms with Crippen LogP contribution >= 0.6 is 0 Å². The Kier molecular flexibility index (Phi) is 4.71. The van der Waals surface area contributed by atoms with Gasteiger partial charge in [0.2, 0.25) is 11.8 Å². The van der Waals surface area contributed by atoms with Crippen molar-refractivity contribution in [1.82, 2.24) is 4.90 Å². The molecule has 1 aliphatic carbocycles. The third kappa shape index (κ3) is 3.57.